The predicted octanol–water partition coefficient (Wildman–Crippen LogP) is -0.559. The summed E-state index contributed by atoms with van der Waals surface area (Å²) in [4.78, 5) is 60.5. The van der Waals surface area contributed by atoms with Gasteiger partial charge < -0.3 is 25.8 Å². The summed E-state index contributed by atoms with van der Waals surface area (Å²) >= 11 is 0. The van der Waals surface area contributed by atoms with Crippen LogP contribution in [0.4, 0.5) is 4.39 Å². The van der Waals surface area contributed by atoms with E-state index in [1.807, 2.05) is 0 Å². The number of nitrogens with one attached hydrogen (secondary N) is 2. The summed E-state index contributed by atoms with van der Waals surface area (Å²) < 4.78 is 22.3. The molecule has 0 saturated heterocycles. The van der Waals surface area contributed by atoms with Gasteiger partial charge in [-0.2, -0.15) is 0 Å². The molecule has 11 heteroatoms. The fraction of sp³-hybridized carbons (Fsp3) is 0.450. The molecule has 31 heavy (non-hydrogen) atoms. The monoisotopic (exact) mass is 439 g/mol. The van der Waals surface area contributed by atoms with Crippen LogP contribution < -0.4 is 16.4 Å². The molecule has 0 aromatic heterocycles. The van der Waals surface area contributed by atoms with Crippen LogP contribution in [0, 0.1) is 17.7 Å². The molecular weight excluding hydrogens is 413 g/mol. The van der Waals surface area contributed by atoms with E-state index < -0.39 is 59.4 Å². The summed E-state index contributed by atoms with van der Waals surface area (Å²) in [6, 6.07) is 2.69. The minimum atomic E-state index is -1.52. The number of esters is 2. The van der Waals surface area contributed by atoms with E-state index in [-0.39, 0.29) is 6.42 Å². The fourth-order valence-corrected chi connectivity index (χ4v) is 3.00. The molecule has 0 aliphatic rings. The van der Waals surface area contributed by atoms with E-state index >= 15 is 0 Å². The maximum atomic E-state index is 13.1. The highest BCUT2D eigenvalue weighted by Crippen LogP contribution is 2.20. The topological polar surface area (TPSA) is 154 Å². The largest absolute Gasteiger partial charge is 0.468 e. The Balaban J connectivity index is 3.12. The predicted molar refractivity (Wildman–Crippen MR) is 106 cm³/mol. The van der Waals surface area contributed by atoms with Crippen molar-refractivity contribution in [2.24, 2.45) is 17.6 Å². The number of hydrogen-bond acceptors (Lipinski definition) is 7. The van der Waals surface area contributed by atoms with E-state index in [0.29, 0.717) is 5.56 Å². The van der Waals surface area contributed by atoms with E-state index in [1.54, 1.807) is 0 Å². The molecule has 1 rings (SSSR count). The maximum Gasteiger partial charge on any atom is 0.320 e. The second-order valence-corrected chi connectivity index (χ2v) is 6.86. The molecule has 170 valence electrons. The molecule has 1 aromatic rings. The van der Waals surface area contributed by atoms with Crippen molar-refractivity contribution in [1.82, 2.24) is 10.6 Å². The fourth-order valence-electron chi connectivity index (χ4n) is 3.00. The zero-order chi connectivity index (χ0) is 23.7. The van der Waals surface area contributed by atoms with E-state index in [1.165, 1.54) is 38.1 Å². The Labute approximate surface area is 178 Å². The lowest BCUT2D eigenvalue weighted by Crippen LogP contribution is -2.57. The van der Waals surface area contributed by atoms with Gasteiger partial charge in [0, 0.05) is 19.3 Å². The molecule has 0 radical (unpaired) electrons. The van der Waals surface area contributed by atoms with Crippen LogP contribution >= 0.6 is 0 Å². The van der Waals surface area contributed by atoms with Crippen LogP contribution in [0.3, 0.4) is 0 Å². The van der Waals surface area contributed by atoms with Gasteiger partial charge in [-0.1, -0.05) is 19.1 Å². The Kier molecular flexibility index (Phi) is 9.58. The van der Waals surface area contributed by atoms with Crippen molar-refractivity contribution in [3.8, 4) is 0 Å². The summed E-state index contributed by atoms with van der Waals surface area (Å²) in [5.74, 6) is -7.37. The van der Waals surface area contributed by atoms with Gasteiger partial charge in [-0.15, -0.1) is 0 Å². The van der Waals surface area contributed by atoms with Gasteiger partial charge in [-0.05, 0) is 17.7 Å². The zero-order valence-corrected chi connectivity index (χ0v) is 17.6. The van der Waals surface area contributed by atoms with Crippen molar-refractivity contribution in [3.63, 3.8) is 0 Å². The first-order chi connectivity index (χ1) is 14.5. The zero-order valence-electron chi connectivity index (χ0n) is 17.6. The van der Waals surface area contributed by atoms with Gasteiger partial charge >= 0.3 is 11.9 Å². The molecule has 4 N–H and O–H groups in total. The van der Waals surface area contributed by atoms with E-state index in [9.17, 15) is 28.4 Å². The van der Waals surface area contributed by atoms with Gasteiger partial charge in [0.1, 0.15) is 17.9 Å². The van der Waals surface area contributed by atoms with Crippen molar-refractivity contribution < 1.29 is 37.8 Å². The number of benzene rings is 1. The minimum absolute atomic E-state index is 0.0109. The molecule has 1 aromatic carbocycles. The van der Waals surface area contributed by atoms with E-state index in [0.717, 1.165) is 14.2 Å². The number of halogens is 1. The van der Waals surface area contributed by atoms with Gasteiger partial charge in [0.2, 0.25) is 17.7 Å². The first kappa shape index (κ1) is 25.5. The number of amides is 3. The van der Waals surface area contributed by atoms with Crippen molar-refractivity contribution in [2.75, 3.05) is 14.2 Å². The molecule has 0 unspecified atom stereocenters. The van der Waals surface area contributed by atoms with Crippen molar-refractivity contribution in [2.45, 2.75) is 32.4 Å². The highest BCUT2D eigenvalue weighted by molar-refractivity contribution is 5.97. The Morgan fingerprint density at radius 3 is 1.94 bits per heavy atom. The number of rotatable bonds is 10. The molecule has 0 aliphatic carbocycles. The van der Waals surface area contributed by atoms with Crippen LogP contribution in [0.5, 0.6) is 0 Å². The quantitative estimate of drug-likeness (QED) is 0.326. The van der Waals surface area contributed by atoms with E-state index in [2.05, 4.69) is 20.1 Å². The standard InChI is InChI=1S/C20H26FN3O7/c1-10(15(19(28)30-3)20(29)31-4)16(17(22)26)24-18(27)14(23-11(2)25)9-12-5-7-13(21)8-6-12/h5-8,10,14-16H,9H2,1-4H3,(H2,22,26)(H,23,25)(H,24,27)/t10-,14+,16+/m0/s1. The van der Waals surface area contributed by atoms with Crippen LogP contribution in [0.2, 0.25) is 0 Å². The lowest BCUT2D eigenvalue weighted by atomic mass is 9.86. The highest BCUT2D eigenvalue weighted by atomic mass is 19.1. The summed E-state index contributed by atoms with van der Waals surface area (Å²) in [5, 5.41) is 4.82. The molecule has 3 amide bonds. The molecule has 10 nitrogen and oxygen atoms in total. The minimum Gasteiger partial charge on any atom is -0.468 e. The molecule has 3 atom stereocenters. The van der Waals surface area contributed by atoms with Crippen LogP contribution in [0.1, 0.15) is 19.4 Å². The molecular formula is C20H26FN3O7. The number of methoxy groups -OCH3 is 2. The third-order valence-corrected chi connectivity index (χ3v) is 4.61. The summed E-state index contributed by atoms with van der Waals surface area (Å²) in [5.41, 5.74) is 5.93. The molecule has 0 fully saturated rings. The first-order valence-electron chi connectivity index (χ1n) is 9.28. The number of hydrogen-bond donors (Lipinski definition) is 3. The van der Waals surface area contributed by atoms with Gasteiger partial charge in [0.05, 0.1) is 14.2 Å². The highest BCUT2D eigenvalue weighted by Gasteiger charge is 2.41. The summed E-state index contributed by atoms with van der Waals surface area (Å²) in [6.07, 6.45) is -0.0109. The van der Waals surface area contributed by atoms with Crippen molar-refractivity contribution in [3.05, 3.63) is 35.6 Å². The Bertz CT molecular complexity index is 813. The van der Waals surface area contributed by atoms with Crippen LogP contribution in [-0.2, 0) is 39.9 Å². The number of carbonyl (C=O) groups excluding carboxylic acids is 5. The third-order valence-electron chi connectivity index (χ3n) is 4.61. The summed E-state index contributed by atoms with van der Waals surface area (Å²) in [7, 11) is 2.11. The maximum absolute atomic E-state index is 13.1. The lowest BCUT2D eigenvalue weighted by molar-refractivity contribution is -0.162. The second kappa shape index (κ2) is 11.6. The number of nitrogens with two attached hydrogens (primary N) is 1. The van der Waals surface area contributed by atoms with Gasteiger partial charge in [-0.3, -0.25) is 24.0 Å². The summed E-state index contributed by atoms with van der Waals surface area (Å²) in [6.45, 7) is 2.55. The van der Waals surface area contributed by atoms with E-state index in [4.69, 9.17) is 5.73 Å². The molecule has 0 bridgehead atoms. The van der Waals surface area contributed by atoms with Gasteiger partial charge in [-0.25, -0.2) is 4.39 Å². The lowest BCUT2D eigenvalue weighted by Gasteiger charge is -2.28. The first-order valence-corrected chi connectivity index (χ1v) is 9.28. The normalized spacial score (nSPS) is 13.5. The Morgan fingerprint density at radius 2 is 1.52 bits per heavy atom. The molecule has 0 heterocycles. The Hall–Kier alpha value is -3.50. The third kappa shape index (κ3) is 7.36. The number of primary amides is 1. The second-order valence-electron chi connectivity index (χ2n) is 6.86. The SMILES string of the molecule is COC(=O)C(C(=O)OC)[C@H](C)[C@@H](NC(=O)[C@@H](Cc1ccc(F)cc1)NC(C)=O)C(N)=O. The van der Waals surface area contributed by atoms with Crippen molar-refractivity contribution >= 4 is 29.7 Å². The Morgan fingerprint density at radius 1 is 1.00 bits per heavy atom. The number of ether oxygens (including phenoxy) is 2. The smallest absolute Gasteiger partial charge is 0.320 e. The van der Waals surface area contributed by atoms with Crippen LogP contribution in [0.15, 0.2) is 24.3 Å². The average Bonchev–Trinajstić information content (AvgIpc) is 2.71. The molecule has 0 saturated carbocycles. The average molecular weight is 439 g/mol. The van der Waals surface area contributed by atoms with Crippen LogP contribution in [-0.4, -0.2) is 56.0 Å². The van der Waals surface area contributed by atoms with Crippen molar-refractivity contribution in [1.29, 1.82) is 0 Å². The molecule has 0 spiro atoms. The van der Waals surface area contributed by atoms with Gasteiger partial charge in [0.15, 0.2) is 5.92 Å². The molecule has 0 aliphatic heterocycles. The van der Waals surface area contributed by atoms with Gasteiger partial charge in [0.25, 0.3) is 0 Å². The van der Waals surface area contributed by atoms with Crippen LogP contribution in [0.25, 0.3) is 0 Å². The number of carbonyl (C=O) groups is 5.